The lowest BCUT2D eigenvalue weighted by Crippen LogP contribution is -2.14. The van der Waals surface area contributed by atoms with Crippen molar-refractivity contribution in [1.82, 2.24) is 10.2 Å². The molecule has 0 radical (unpaired) electrons. The number of carbonyl (C=O) groups excluding carboxylic acids is 2. The molecule has 0 unspecified atom stereocenters. The van der Waals surface area contributed by atoms with Crippen LogP contribution in [0.1, 0.15) is 6.92 Å². The third kappa shape index (κ3) is 5.38. The van der Waals surface area contributed by atoms with Gasteiger partial charge in [0.2, 0.25) is 17.7 Å². The van der Waals surface area contributed by atoms with Gasteiger partial charge >= 0.3 is 0 Å². The second kappa shape index (κ2) is 8.45. The number of nitrogens with zero attached hydrogens (tertiary/aromatic N) is 2. The van der Waals surface area contributed by atoms with E-state index in [4.69, 9.17) is 4.42 Å². The molecule has 3 aromatic rings. The number of aromatic nitrogens is 2. The molecule has 2 aromatic carbocycles. The molecule has 0 aliphatic heterocycles. The Balaban J connectivity index is 1.52. The molecule has 1 heterocycles. The molecule has 0 aliphatic carbocycles. The zero-order valence-electron chi connectivity index (χ0n) is 14.2. The van der Waals surface area contributed by atoms with Crippen LogP contribution in [-0.2, 0) is 9.59 Å². The Labute approximate surface area is 158 Å². The van der Waals surface area contributed by atoms with E-state index in [2.05, 4.69) is 20.8 Å². The van der Waals surface area contributed by atoms with Gasteiger partial charge in [0.1, 0.15) is 5.82 Å². The molecule has 9 heteroatoms. The van der Waals surface area contributed by atoms with Crippen molar-refractivity contribution in [1.29, 1.82) is 0 Å². The van der Waals surface area contributed by atoms with Crippen LogP contribution in [0, 0.1) is 5.82 Å². The fraction of sp³-hybridized carbons (Fsp3) is 0.111. The fourth-order valence-corrected chi connectivity index (χ4v) is 2.70. The number of carbonyl (C=O) groups is 2. The molecule has 0 spiro atoms. The Morgan fingerprint density at radius 3 is 2.26 bits per heavy atom. The van der Waals surface area contributed by atoms with Gasteiger partial charge in [-0.25, -0.2) is 4.39 Å². The van der Waals surface area contributed by atoms with Crippen molar-refractivity contribution in [2.45, 2.75) is 12.1 Å². The molecule has 0 atom stereocenters. The van der Waals surface area contributed by atoms with Crippen LogP contribution in [0.4, 0.5) is 15.8 Å². The minimum Gasteiger partial charge on any atom is -0.411 e. The molecule has 0 aliphatic rings. The van der Waals surface area contributed by atoms with Gasteiger partial charge in [0, 0.05) is 23.9 Å². The highest BCUT2D eigenvalue weighted by atomic mass is 32.2. The van der Waals surface area contributed by atoms with E-state index in [1.807, 2.05) is 0 Å². The minimum absolute atomic E-state index is 0.0818. The van der Waals surface area contributed by atoms with Gasteiger partial charge in [-0.2, -0.15) is 0 Å². The number of thioether (sulfide) groups is 1. The number of rotatable bonds is 6. The van der Waals surface area contributed by atoms with E-state index in [0.717, 1.165) is 11.8 Å². The van der Waals surface area contributed by atoms with Crippen LogP contribution in [0.25, 0.3) is 11.5 Å². The largest absolute Gasteiger partial charge is 0.411 e. The first-order valence-electron chi connectivity index (χ1n) is 7.89. The van der Waals surface area contributed by atoms with Gasteiger partial charge in [0.25, 0.3) is 5.22 Å². The Kier molecular flexibility index (Phi) is 5.82. The van der Waals surface area contributed by atoms with Gasteiger partial charge < -0.3 is 15.1 Å². The molecule has 138 valence electrons. The van der Waals surface area contributed by atoms with E-state index in [0.29, 0.717) is 16.9 Å². The molecule has 0 fully saturated rings. The van der Waals surface area contributed by atoms with Crippen molar-refractivity contribution in [3.63, 3.8) is 0 Å². The van der Waals surface area contributed by atoms with Gasteiger partial charge in [-0.15, -0.1) is 10.2 Å². The summed E-state index contributed by atoms with van der Waals surface area (Å²) in [5, 5.41) is 13.4. The second-order valence-corrected chi connectivity index (χ2v) is 6.40. The summed E-state index contributed by atoms with van der Waals surface area (Å²) < 4.78 is 18.4. The summed E-state index contributed by atoms with van der Waals surface area (Å²) in [6.45, 7) is 1.42. The summed E-state index contributed by atoms with van der Waals surface area (Å²) >= 11 is 1.09. The number of hydrogen-bond donors (Lipinski definition) is 2. The standard InChI is InChI=1S/C18H15FN4O3S/c1-11(24)20-14-6-8-15(9-7-14)21-16(25)10-27-18-23-22-17(26-18)12-2-4-13(19)5-3-12/h2-9H,10H2,1H3,(H,20,24)(H,21,25). The summed E-state index contributed by atoms with van der Waals surface area (Å²) in [5.74, 6) is -0.420. The topological polar surface area (TPSA) is 97.1 Å². The summed E-state index contributed by atoms with van der Waals surface area (Å²) in [4.78, 5) is 23.0. The van der Waals surface area contributed by atoms with Crippen molar-refractivity contribution >= 4 is 35.0 Å². The number of halogens is 1. The van der Waals surface area contributed by atoms with Gasteiger partial charge in [-0.1, -0.05) is 11.8 Å². The molecule has 3 rings (SSSR count). The van der Waals surface area contributed by atoms with E-state index < -0.39 is 0 Å². The number of hydrogen-bond acceptors (Lipinski definition) is 6. The van der Waals surface area contributed by atoms with Crippen molar-refractivity contribution < 1.29 is 18.4 Å². The van der Waals surface area contributed by atoms with Crippen molar-refractivity contribution in [2.75, 3.05) is 16.4 Å². The molecule has 2 amide bonds. The predicted molar refractivity (Wildman–Crippen MR) is 99.8 cm³/mol. The molecular weight excluding hydrogens is 371 g/mol. The van der Waals surface area contributed by atoms with Crippen LogP contribution in [0.2, 0.25) is 0 Å². The average Bonchev–Trinajstić information content (AvgIpc) is 3.11. The minimum atomic E-state index is -0.352. The van der Waals surface area contributed by atoms with Gasteiger partial charge in [-0.05, 0) is 48.5 Å². The number of benzene rings is 2. The Bertz CT molecular complexity index is 942. The molecule has 1 aromatic heterocycles. The van der Waals surface area contributed by atoms with Crippen molar-refractivity contribution in [2.24, 2.45) is 0 Å². The van der Waals surface area contributed by atoms with Crippen LogP contribution in [0.3, 0.4) is 0 Å². The first-order chi connectivity index (χ1) is 13.0. The zero-order chi connectivity index (χ0) is 19.2. The monoisotopic (exact) mass is 386 g/mol. The van der Waals surface area contributed by atoms with Crippen molar-refractivity contribution in [3.05, 3.63) is 54.3 Å². The lowest BCUT2D eigenvalue weighted by atomic mass is 10.2. The summed E-state index contributed by atoms with van der Waals surface area (Å²) in [7, 11) is 0. The normalized spacial score (nSPS) is 10.4. The van der Waals surface area contributed by atoms with Crippen LogP contribution in [0.5, 0.6) is 0 Å². The van der Waals surface area contributed by atoms with Gasteiger partial charge in [0.05, 0.1) is 5.75 Å². The summed E-state index contributed by atoms with van der Waals surface area (Å²) in [6, 6.07) is 12.4. The Morgan fingerprint density at radius 2 is 1.63 bits per heavy atom. The fourth-order valence-electron chi connectivity index (χ4n) is 2.14. The lowest BCUT2D eigenvalue weighted by Gasteiger charge is -2.06. The lowest BCUT2D eigenvalue weighted by molar-refractivity contribution is -0.114. The Hall–Kier alpha value is -3.20. The van der Waals surface area contributed by atoms with Crippen LogP contribution in [0.15, 0.2) is 58.2 Å². The highest BCUT2D eigenvalue weighted by molar-refractivity contribution is 7.99. The maximum absolute atomic E-state index is 12.9. The molecule has 0 saturated heterocycles. The first kappa shape index (κ1) is 18.6. The highest BCUT2D eigenvalue weighted by Gasteiger charge is 2.11. The van der Waals surface area contributed by atoms with Crippen LogP contribution >= 0.6 is 11.8 Å². The van der Waals surface area contributed by atoms with Crippen LogP contribution in [-0.4, -0.2) is 27.8 Å². The molecule has 7 nitrogen and oxygen atoms in total. The molecule has 27 heavy (non-hydrogen) atoms. The third-order valence-electron chi connectivity index (χ3n) is 3.31. The Morgan fingerprint density at radius 1 is 1.00 bits per heavy atom. The molecule has 0 bridgehead atoms. The quantitative estimate of drug-likeness (QED) is 0.629. The number of amides is 2. The number of nitrogens with one attached hydrogen (secondary N) is 2. The first-order valence-corrected chi connectivity index (χ1v) is 8.88. The molecule has 2 N–H and O–H groups in total. The van der Waals surface area contributed by atoms with E-state index in [1.165, 1.54) is 31.2 Å². The predicted octanol–water partition coefficient (Wildman–Crippen LogP) is 3.56. The van der Waals surface area contributed by atoms with Gasteiger partial charge in [-0.3, -0.25) is 9.59 Å². The highest BCUT2D eigenvalue weighted by Crippen LogP contribution is 2.23. The van der Waals surface area contributed by atoms with E-state index in [1.54, 1.807) is 24.3 Å². The van der Waals surface area contributed by atoms with Crippen LogP contribution < -0.4 is 10.6 Å². The maximum Gasteiger partial charge on any atom is 0.277 e. The van der Waals surface area contributed by atoms with Crippen molar-refractivity contribution in [3.8, 4) is 11.5 Å². The van der Waals surface area contributed by atoms with E-state index in [-0.39, 0.29) is 34.5 Å². The average molecular weight is 386 g/mol. The van der Waals surface area contributed by atoms with Gasteiger partial charge in [0.15, 0.2) is 0 Å². The maximum atomic E-state index is 12.9. The number of anilines is 2. The SMILES string of the molecule is CC(=O)Nc1ccc(NC(=O)CSc2nnc(-c3ccc(F)cc3)o2)cc1. The second-order valence-electron chi connectivity index (χ2n) is 5.48. The summed E-state index contributed by atoms with van der Waals surface area (Å²) in [6.07, 6.45) is 0. The third-order valence-corrected chi connectivity index (χ3v) is 4.13. The van der Waals surface area contributed by atoms with E-state index >= 15 is 0 Å². The zero-order valence-corrected chi connectivity index (χ0v) is 15.0. The summed E-state index contributed by atoms with van der Waals surface area (Å²) in [5.41, 5.74) is 1.85. The molecular formula is C18H15FN4O3S. The molecule has 0 saturated carbocycles. The van der Waals surface area contributed by atoms with E-state index in [9.17, 15) is 14.0 Å². The smallest absolute Gasteiger partial charge is 0.277 e.